The molecule has 0 aliphatic heterocycles. The van der Waals surface area contributed by atoms with Crippen molar-refractivity contribution in [1.82, 2.24) is 0 Å². The Morgan fingerprint density at radius 1 is 1.08 bits per heavy atom. The minimum atomic E-state index is -0.154. The molecule has 0 aliphatic carbocycles. The summed E-state index contributed by atoms with van der Waals surface area (Å²) in [4.78, 5) is 0. The van der Waals surface area contributed by atoms with Gasteiger partial charge in [0.25, 0.3) is 0 Å². The number of hydrogen-bond acceptors (Lipinski definition) is 0. The Balaban J connectivity index is 4.64. The molecule has 2 heteroatoms. The lowest BCUT2D eigenvalue weighted by Gasteiger charge is -2.38. The fraction of sp³-hybridized carbons (Fsp3) is 0.818. The summed E-state index contributed by atoms with van der Waals surface area (Å²) in [7, 11) is 2.22. The number of terminal acetylenes is 1. The van der Waals surface area contributed by atoms with Gasteiger partial charge >= 0.3 is 0 Å². The summed E-state index contributed by atoms with van der Waals surface area (Å²) in [6, 6.07) is 0. The van der Waals surface area contributed by atoms with Gasteiger partial charge in [0.2, 0.25) is 0 Å². The molecule has 0 atom stereocenters. The van der Waals surface area contributed by atoms with Gasteiger partial charge in [-0.3, -0.25) is 0 Å². The smallest absolute Gasteiger partial charge is 0.149 e. The van der Waals surface area contributed by atoms with Crippen LogP contribution in [0.3, 0.4) is 0 Å². The zero-order chi connectivity index (χ0) is 10.9. The molecule has 0 aromatic rings. The first-order valence-electron chi connectivity index (χ1n) is 4.72. The Bertz CT molecular complexity index is 215. The summed E-state index contributed by atoms with van der Waals surface area (Å²) in [5, 5.41) is -0.110. The first kappa shape index (κ1) is 12.6. The molecule has 0 fully saturated rings. The summed E-state index contributed by atoms with van der Waals surface area (Å²) in [5.41, 5.74) is 4.16. The normalized spacial score (nSPS) is 13.7. The Hall–Kier alpha value is -0.415. The van der Waals surface area contributed by atoms with Gasteiger partial charge in [-0.05, 0) is 24.5 Å². The highest BCUT2D eigenvalue weighted by molar-refractivity contribution is 6.45. The topological polar surface area (TPSA) is 27.6 Å². The van der Waals surface area contributed by atoms with Gasteiger partial charge in [-0.15, -0.1) is 12.3 Å². The van der Waals surface area contributed by atoms with Crippen molar-refractivity contribution >= 4 is 7.28 Å². The van der Waals surface area contributed by atoms with Crippen LogP contribution in [0.1, 0.15) is 41.5 Å². The first-order chi connectivity index (χ1) is 5.52. The maximum atomic E-state index is 5.46. The summed E-state index contributed by atoms with van der Waals surface area (Å²) in [5.74, 6) is 2.79. The molecule has 0 saturated heterocycles. The van der Waals surface area contributed by atoms with Crippen molar-refractivity contribution in [2.75, 3.05) is 0 Å². The number of hydrogen-bond donors (Lipinski definition) is 1. The van der Waals surface area contributed by atoms with Gasteiger partial charge in [0.05, 0.1) is 5.54 Å². The average molecular weight is 179 g/mol. The largest absolute Gasteiger partial charge is 0.353 e. The van der Waals surface area contributed by atoms with Crippen LogP contribution in [0.15, 0.2) is 0 Å². The van der Waals surface area contributed by atoms with Crippen molar-refractivity contribution in [3.8, 4) is 12.3 Å². The lowest BCUT2D eigenvalue weighted by Crippen LogP contribution is -2.74. The molecule has 0 heterocycles. The molecular formula is C11H22BN+. The molecule has 0 aromatic carbocycles. The van der Waals surface area contributed by atoms with E-state index in [1.54, 1.807) is 0 Å². The molecule has 73 valence electrons. The standard InChI is InChI=1S/C11H21BN/c1-8-9(2,3)12-10(4,5)11(6,7)13/h1H,13H2,2-7H3/p+1. The van der Waals surface area contributed by atoms with E-state index in [-0.39, 0.29) is 16.2 Å². The number of quaternary nitrogens is 1. The van der Waals surface area contributed by atoms with Crippen molar-refractivity contribution in [3.05, 3.63) is 0 Å². The highest BCUT2D eigenvalue weighted by Crippen LogP contribution is 2.40. The van der Waals surface area contributed by atoms with Crippen LogP contribution in [0.25, 0.3) is 0 Å². The van der Waals surface area contributed by atoms with Gasteiger partial charge in [-0.1, -0.05) is 27.7 Å². The summed E-state index contributed by atoms with van der Waals surface area (Å²) >= 11 is 0. The van der Waals surface area contributed by atoms with E-state index < -0.39 is 0 Å². The van der Waals surface area contributed by atoms with Gasteiger partial charge in [-0.25, -0.2) is 0 Å². The molecule has 1 radical (unpaired) electrons. The van der Waals surface area contributed by atoms with Crippen LogP contribution in [-0.4, -0.2) is 12.8 Å². The molecule has 0 saturated carbocycles. The van der Waals surface area contributed by atoms with E-state index in [0.717, 1.165) is 0 Å². The minimum absolute atomic E-state index is 0.00111. The highest BCUT2D eigenvalue weighted by Gasteiger charge is 2.41. The van der Waals surface area contributed by atoms with Crippen molar-refractivity contribution in [1.29, 1.82) is 0 Å². The lowest BCUT2D eigenvalue weighted by molar-refractivity contribution is -0.474. The van der Waals surface area contributed by atoms with Crippen molar-refractivity contribution in [2.24, 2.45) is 0 Å². The van der Waals surface area contributed by atoms with Gasteiger partial charge in [0.15, 0.2) is 0 Å². The molecule has 0 spiro atoms. The Labute approximate surface area is 83.7 Å². The third-order valence-electron chi connectivity index (χ3n) is 2.84. The third-order valence-corrected chi connectivity index (χ3v) is 2.84. The second-order valence-electron chi connectivity index (χ2n) is 5.62. The van der Waals surface area contributed by atoms with Crippen LogP contribution < -0.4 is 5.73 Å². The predicted octanol–water partition coefficient (Wildman–Crippen LogP) is 1.74. The van der Waals surface area contributed by atoms with Crippen LogP contribution >= 0.6 is 0 Å². The zero-order valence-corrected chi connectivity index (χ0v) is 9.86. The van der Waals surface area contributed by atoms with Gasteiger partial charge in [0, 0.05) is 0 Å². The average Bonchev–Trinajstić information content (AvgIpc) is 1.83. The van der Waals surface area contributed by atoms with Crippen molar-refractivity contribution in [3.63, 3.8) is 0 Å². The Kier molecular flexibility index (Phi) is 3.28. The maximum absolute atomic E-state index is 5.46. The summed E-state index contributed by atoms with van der Waals surface area (Å²) in [6.45, 7) is 12.7. The van der Waals surface area contributed by atoms with Crippen LogP contribution in [0.2, 0.25) is 10.6 Å². The fourth-order valence-corrected chi connectivity index (χ4v) is 1.14. The van der Waals surface area contributed by atoms with Crippen LogP contribution in [-0.2, 0) is 0 Å². The molecule has 0 aromatic heterocycles. The second kappa shape index (κ2) is 3.38. The van der Waals surface area contributed by atoms with Gasteiger partial charge < -0.3 is 5.73 Å². The lowest BCUT2D eigenvalue weighted by atomic mass is 9.37. The monoisotopic (exact) mass is 179 g/mol. The van der Waals surface area contributed by atoms with E-state index in [1.807, 2.05) is 0 Å². The predicted molar refractivity (Wildman–Crippen MR) is 59.6 cm³/mol. The van der Waals surface area contributed by atoms with Gasteiger partial charge in [0.1, 0.15) is 7.28 Å². The first-order valence-corrected chi connectivity index (χ1v) is 4.72. The molecule has 0 amide bonds. The highest BCUT2D eigenvalue weighted by atomic mass is 14.7. The molecule has 0 unspecified atom stereocenters. The SMILES string of the molecule is C#CC(C)(C)[B]C(C)(C)C(C)(C)[NH3+]. The minimum Gasteiger partial charge on any atom is -0.353 e. The molecular weight excluding hydrogens is 157 g/mol. The molecule has 13 heavy (non-hydrogen) atoms. The molecule has 0 rings (SSSR count). The summed E-state index contributed by atoms with van der Waals surface area (Å²) in [6.07, 6.45) is 5.46. The Morgan fingerprint density at radius 2 is 1.46 bits per heavy atom. The van der Waals surface area contributed by atoms with E-state index in [2.05, 4.69) is 60.5 Å². The van der Waals surface area contributed by atoms with E-state index in [1.165, 1.54) is 0 Å². The molecule has 0 aliphatic rings. The van der Waals surface area contributed by atoms with E-state index in [0.29, 0.717) is 0 Å². The van der Waals surface area contributed by atoms with Crippen molar-refractivity contribution < 1.29 is 5.73 Å². The van der Waals surface area contributed by atoms with Crippen molar-refractivity contribution in [2.45, 2.75) is 57.7 Å². The quantitative estimate of drug-likeness (QED) is 0.504. The second-order valence-corrected chi connectivity index (χ2v) is 5.62. The van der Waals surface area contributed by atoms with Crippen LogP contribution in [0.5, 0.6) is 0 Å². The van der Waals surface area contributed by atoms with E-state index >= 15 is 0 Å². The third kappa shape index (κ3) is 3.44. The Morgan fingerprint density at radius 3 is 1.69 bits per heavy atom. The van der Waals surface area contributed by atoms with Gasteiger partial charge in [-0.2, -0.15) is 0 Å². The molecule has 0 bridgehead atoms. The summed E-state index contributed by atoms with van der Waals surface area (Å²) < 4.78 is 0. The molecule has 1 nitrogen and oxygen atoms in total. The number of rotatable bonds is 3. The zero-order valence-electron chi connectivity index (χ0n) is 9.86. The van der Waals surface area contributed by atoms with E-state index in [4.69, 9.17) is 6.42 Å². The maximum Gasteiger partial charge on any atom is 0.149 e. The fourth-order valence-electron chi connectivity index (χ4n) is 1.14. The van der Waals surface area contributed by atoms with E-state index in [9.17, 15) is 0 Å². The van der Waals surface area contributed by atoms with Crippen LogP contribution in [0.4, 0.5) is 0 Å². The van der Waals surface area contributed by atoms with Crippen LogP contribution in [0, 0.1) is 12.3 Å². The molecule has 3 N–H and O–H groups in total.